The molecule has 7 heteroatoms. The summed E-state index contributed by atoms with van der Waals surface area (Å²) in [5, 5.41) is 2.46. The normalized spacial score (nSPS) is 10.7. The predicted octanol–water partition coefficient (Wildman–Crippen LogP) is 3.41. The summed E-state index contributed by atoms with van der Waals surface area (Å²) >= 11 is 1.28. The quantitative estimate of drug-likeness (QED) is 0.396. The molecule has 0 aliphatic carbocycles. The number of esters is 2. The first-order valence-electron chi connectivity index (χ1n) is 7.80. The fourth-order valence-electron chi connectivity index (χ4n) is 2.65. The molecule has 2 heterocycles. The molecule has 2 aromatic heterocycles. The van der Waals surface area contributed by atoms with Gasteiger partial charge in [0, 0.05) is 10.9 Å². The summed E-state index contributed by atoms with van der Waals surface area (Å²) in [6.07, 6.45) is -0.158. The molecule has 3 rings (SSSR count). The first-order valence-corrected chi connectivity index (χ1v) is 8.68. The maximum Gasteiger partial charge on any atom is 0.353 e. The van der Waals surface area contributed by atoms with E-state index in [9.17, 15) is 14.4 Å². The molecule has 3 aromatic rings. The Labute approximate surface area is 153 Å². The summed E-state index contributed by atoms with van der Waals surface area (Å²) in [6.45, 7) is 3.45. The van der Waals surface area contributed by atoms with Crippen LogP contribution in [0.15, 0.2) is 38.9 Å². The molecule has 26 heavy (non-hydrogen) atoms. The molecule has 134 valence electrons. The molecule has 0 amide bonds. The first kappa shape index (κ1) is 17.9. The molecule has 0 aliphatic rings. The molecular formula is C19H16O6S. The van der Waals surface area contributed by atoms with Crippen molar-refractivity contribution in [3.05, 3.63) is 61.6 Å². The van der Waals surface area contributed by atoms with E-state index in [0.717, 1.165) is 0 Å². The average molecular weight is 372 g/mol. The van der Waals surface area contributed by atoms with Gasteiger partial charge >= 0.3 is 17.6 Å². The van der Waals surface area contributed by atoms with Crippen LogP contribution in [0.3, 0.4) is 0 Å². The van der Waals surface area contributed by atoms with Gasteiger partial charge in [-0.1, -0.05) is 6.07 Å². The van der Waals surface area contributed by atoms with Crippen molar-refractivity contribution in [2.45, 2.75) is 20.3 Å². The van der Waals surface area contributed by atoms with Crippen molar-refractivity contribution in [2.75, 3.05) is 7.11 Å². The smallest absolute Gasteiger partial charge is 0.353 e. The Balaban J connectivity index is 2.04. The van der Waals surface area contributed by atoms with Crippen molar-refractivity contribution in [1.29, 1.82) is 0 Å². The molecule has 6 nitrogen and oxygen atoms in total. The average Bonchev–Trinajstić information content (AvgIpc) is 3.16. The Morgan fingerprint density at radius 1 is 1.15 bits per heavy atom. The molecule has 0 aliphatic heterocycles. The second kappa shape index (κ2) is 7.13. The van der Waals surface area contributed by atoms with E-state index < -0.39 is 17.6 Å². The van der Waals surface area contributed by atoms with Crippen LogP contribution in [0.4, 0.5) is 0 Å². The predicted molar refractivity (Wildman–Crippen MR) is 97.0 cm³/mol. The Bertz CT molecular complexity index is 1050. The maximum atomic E-state index is 12.3. The second-order valence-corrected chi connectivity index (χ2v) is 6.63. The molecule has 0 radical (unpaired) electrons. The summed E-state index contributed by atoms with van der Waals surface area (Å²) < 4.78 is 15.5. The lowest BCUT2D eigenvalue weighted by atomic mass is 10.0. The fourth-order valence-corrected chi connectivity index (χ4v) is 3.25. The Morgan fingerprint density at radius 2 is 1.92 bits per heavy atom. The topological polar surface area (TPSA) is 82.8 Å². The number of hydrogen-bond donors (Lipinski definition) is 0. The molecule has 0 unspecified atom stereocenters. The van der Waals surface area contributed by atoms with Crippen LogP contribution in [0.1, 0.15) is 26.4 Å². The fraction of sp³-hybridized carbons (Fsp3) is 0.211. The molecule has 0 spiro atoms. The number of thiophene rings is 1. The highest BCUT2D eigenvalue weighted by Crippen LogP contribution is 2.30. The highest BCUT2D eigenvalue weighted by atomic mass is 32.1. The molecule has 1 aromatic carbocycles. The largest absolute Gasteiger partial charge is 0.469 e. The Kier molecular flexibility index (Phi) is 4.90. The number of rotatable bonds is 4. The third kappa shape index (κ3) is 3.25. The van der Waals surface area contributed by atoms with Crippen LogP contribution in [0.25, 0.3) is 11.0 Å². The molecule has 0 bridgehead atoms. The molecule has 0 saturated heterocycles. The lowest BCUT2D eigenvalue weighted by Gasteiger charge is -2.11. The van der Waals surface area contributed by atoms with Crippen LogP contribution in [0, 0.1) is 13.8 Å². The summed E-state index contributed by atoms with van der Waals surface area (Å²) in [6, 6.07) is 6.79. The van der Waals surface area contributed by atoms with Gasteiger partial charge in [-0.2, -0.15) is 0 Å². The molecular weight excluding hydrogens is 356 g/mol. The number of fused-ring (bicyclic) bond motifs is 1. The highest BCUT2D eigenvalue weighted by molar-refractivity contribution is 7.12. The van der Waals surface area contributed by atoms with E-state index in [4.69, 9.17) is 9.15 Å². The zero-order valence-electron chi connectivity index (χ0n) is 14.5. The minimum Gasteiger partial charge on any atom is -0.469 e. The zero-order chi connectivity index (χ0) is 18.8. The standard InChI is InChI=1S/C19H16O6S/c1-10-12-6-7-14(24-19(22)15-5-4-8-26-15)11(2)17(12)25-18(21)13(10)9-16(20)23-3/h4-8H,9H2,1-3H3. The van der Waals surface area contributed by atoms with E-state index in [1.807, 2.05) is 0 Å². The van der Waals surface area contributed by atoms with Gasteiger partial charge in [-0.25, -0.2) is 9.59 Å². The molecule has 0 atom stereocenters. The van der Waals surface area contributed by atoms with Crippen molar-refractivity contribution >= 4 is 34.2 Å². The second-order valence-electron chi connectivity index (χ2n) is 5.68. The van der Waals surface area contributed by atoms with E-state index in [1.54, 1.807) is 43.5 Å². The lowest BCUT2D eigenvalue weighted by molar-refractivity contribution is -0.139. The molecule has 0 saturated carbocycles. The van der Waals surface area contributed by atoms with E-state index in [0.29, 0.717) is 32.7 Å². The minimum atomic E-state index is -0.606. The number of ether oxygens (including phenoxy) is 2. The Hall–Kier alpha value is -2.93. The van der Waals surface area contributed by atoms with Crippen LogP contribution < -0.4 is 10.4 Å². The van der Waals surface area contributed by atoms with Gasteiger partial charge in [0.2, 0.25) is 0 Å². The minimum absolute atomic E-state index is 0.158. The number of carbonyl (C=O) groups excluding carboxylic acids is 2. The summed E-state index contributed by atoms with van der Waals surface area (Å²) in [5.74, 6) is -0.666. The van der Waals surface area contributed by atoms with Gasteiger partial charge in [0.15, 0.2) is 0 Å². The first-order chi connectivity index (χ1) is 12.4. The van der Waals surface area contributed by atoms with Crippen LogP contribution in [0.5, 0.6) is 5.75 Å². The molecule has 0 N–H and O–H groups in total. The van der Waals surface area contributed by atoms with Crippen LogP contribution in [-0.2, 0) is 16.0 Å². The summed E-state index contributed by atoms with van der Waals surface area (Å²) in [4.78, 5) is 36.4. The maximum absolute atomic E-state index is 12.3. The summed E-state index contributed by atoms with van der Waals surface area (Å²) in [5.41, 5.74) is 1.16. The van der Waals surface area contributed by atoms with Crippen molar-refractivity contribution in [3.8, 4) is 5.75 Å². The van der Waals surface area contributed by atoms with Gasteiger partial charge in [0.1, 0.15) is 16.2 Å². The van der Waals surface area contributed by atoms with Crippen molar-refractivity contribution in [3.63, 3.8) is 0 Å². The summed E-state index contributed by atoms with van der Waals surface area (Å²) in [7, 11) is 1.26. The van der Waals surface area contributed by atoms with Crippen molar-refractivity contribution in [1.82, 2.24) is 0 Å². The van der Waals surface area contributed by atoms with E-state index in [1.165, 1.54) is 18.4 Å². The van der Waals surface area contributed by atoms with Gasteiger partial charge in [0.25, 0.3) is 0 Å². The van der Waals surface area contributed by atoms with Crippen LogP contribution in [-0.4, -0.2) is 19.0 Å². The van der Waals surface area contributed by atoms with E-state index >= 15 is 0 Å². The van der Waals surface area contributed by atoms with E-state index in [-0.39, 0.29) is 12.0 Å². The number of hydrogen-bond acceptors (Lipinski definition) is 7. The molecule has 0 fully saturated rings. The third-order valence-corrected chi connectivity index (χ3v) is 4.98. The van der Waals surface area contributed by atoms with Gasteiger partial charge in [-0.05, 0) is 43.0 Å². The number of carbonyl (C=O) groups is 2. The van der Waals surface area contributed by atoms with Crippen LogP contribution >= 0.6 is 11.3 Å². The van der Waals surface area contributed by atoms with Gasteiger partial charge in [-0.3, -0.25) is 4.79 Å². The van der Waals surface area contributed by atoms with Gasteiger partial charge < -0.3 is 13.9 Å². The van der Waals surface area contributed by atoms with E-state index in [2.05, 4.69) is 4.74 Å². The van der Waals surface area contributed by atoms with Crippen LogP contribution in [0.2, 0.25) is 0 Å². The third-order valence-electron chi connectivity index (χ3n) is 4.13. The zero-order valence-corrected chi connectivity index (χ0v) is 15.3. The number of methoxy groups -OCH3 is 1. The monoisotopic (exact) mass is 372 g/mol. The van der Waals surface area contributed by atoms with Gasteiger partial charge in [0.05, 0.1) is 19.1 Å². The lowest BCUT2D eigenvalue weighted by Crippen LogP contribution is -2.16. The number of aryl methyl sites for hydroxylation is 2. The van der Waals surface area contributed by atoms with Crippen molar-refractivity contribution in [2.24, 2.45) is 0 Å². The van der Waals surface area contributed by atoms with Gasteiger partial charge in [-0.15, -0.1) is 11.3 Å². The van der Waals surface area contributed by atoms with Crippen molar-refractivity contribution < 1.29 is 23.5 Å². The number of benzene rings is 1. The highest BCUT2D eigenvalue weighted by Gasteiger charge is 2.19. The SMILES string of the molecule is COC(=O)Cc1c(C)c2ccc(OC(=O)c3cccs3)c(C)c2oc1=O. The Morgan fingerprint density at radius 3 is 2.58 bits per heavy atom.